The molecule has 1 aromatic heterocycles. The van der Waals surface area contributed by atoms with Crippen molar-refractivity contribution < 1.29 is 4.52 Å². The van der Waals surface area contributed by atoms with Crippen LogP contribution in [0, 0.1) is 11.3 Å². The molecule has 0 radical (unpaired) electrons. The summed E-state index contributed by atoms with van der Waals surface area (Å²) in [5.74, 6) is 2.44. The Morgan fingerprint density at radius 1 is 1.19 bits per heavy atom. The fourth-order valence-corrected chi connectivity index (χ4v) is 2.92. The molecule has 0 bridgehead atoms. The number of hydrogen-bond donors (Lipinski definition) is 0. The normalized spacial score (nSPS) is 18.9. The molecule has 2 heterocycles. The zero-order valence-electron chi connectivity index (χ0n) is 11.7. The minimum atomic E-state index is 0.290. The molecule has 0 unspecified atom stereocenters. The first-order chi connectivity index (χ1) is 10.3. The van der Waals surface area contributed by atoms with Crippen molar-refractivity contribution in [3.63, 3.8) is 0 Å². The van der Waals surface area contributed by atoms with Gasteiger partial charge in [0.15, 0.2) is 5.82 Å². The van der Waals surface area contributed by atoms with Crippen LogP contribution >= 0.6 is 0 Å². The zero-order chi connectivity index (χ0) is 14.2. The van der Waals surface area contributed by atoms with Crippen molar-refractivity contribution in [2.75, 3.05) is 18.0 Å². The van der Waals surface area contributed by atoms with Crippen LogP contribution < -0.4 is 4.90 Å². The quantitative estimate of drug-likeness (QED) is 0.865. The Morgan fingerprint density at radius 2 is 2.00 bits per heavy atom. The molecule has 1 saturated carbocycles. The maximum absolute atomic E-state index is 9.15. The maximum Gasteiger partial charge on any atom is 0.233 e. The fraction of sp³-hybridized carbons (Fsp3) is 0.438. The summed E-state index contributed by atoms with van der Waals surface area (Å²) >= 11 is 0. The lowest BCUT2D eigenvalue weighted by atomic mass is 9.85. The third-order valence-corrected chi connectivity index (χ3v) is 4.52. The van der Waals surface area contributed by atoms with Gasteiger partial charge in [0.2, 0.25) is 5.89 Å². The Bertz CT molecular complexity index is 692. The summed E-state index contributed by atoms with van der Waals surface area (Å²) in [6.07, 6.45) is 3.65. The molecule has 106 valence electrons. The Balaban J connectivity index is 1.45. The zero-order valence-corrected chi connectivity index (χ0v) is 11.7. The van der Waals surface area contributed by atoms with Gasteiger partial charge in [0.05, 0.1) is 17.2 Å². The highest BCUT2D eigenvalue weighted by atomic mass is 16.5. The Kier molecular flexibility index (Phi) is 2.88. The number of anilines is 1. The molecule has 1 aliphatic heterocycles. The first-order valence-electron chi connectivity index (χ1n) is 7.42. The summed E-state index contributed by atoms with van der Waals surface area (Å²) in [5, 5.41) is 13.3. The molecule has 21 heavy (non-hydrogen) atoms. The molecule has 5 heteroatoms. The minimum Gasteiger partial charge on any atom is -0.369 e. The van der Waals surface area contributed by atoms with Crippen molar-refractivity contribution in [2.45, 2.75) is 31.1 Å². The molecule has 0 amide bonds. The van der Waals surface area contributed by atoms with E-state index in [0.29, 0.717) is 5.92 Å². The topological polar surface area (TPSA) is 66.0 Å². The number of aromatic nitrogens is 2. The largest absolute Gasteiger partial charge is 0.369 e. The first-order valence-corrected chi connectivity index (χ1v) is 7.42. The molecule has 0 atom stereocenters. The van der Waals surface area contributed by atoms with Crippen molar-refractivity contribution in [3.05, 3.63) is 41.5 Å². The number of hydrogen-bond acceptors (Lipinski definition) is 5. The van der Waals surface area contributed by atoms with Crippen LogP contribution in [0.1, 0.15) is 48.4 Å². The van der Waals surface area contributed by atoms with Gasteiger partial charge in [-0.15, -0.1) is 0 Å². The summed E-state index contributed by atoms with van der Waals surface area (Å²) in [4.78, 5) is 6.75. The standard InChI is InChI=1S/C16H16N4O/c17-8-12-4-1-2-7-14(12)20-9-13(10-20)16-18-15(19-21-16)11-5-3-6-11/h1-2,4,7,11,13H,3,5-6,9-10H2. The highest BCUT2D eigenvalue weighted by molar-refractivity contribution is 5.61. The van der Waals surface area contributed by atoms with E-state index in [-0.39, 0.29) is 5.92 Å². The van der Waals surface area contributed by atoms with Crippen LogP contribution in [0.25, 0.3) is 0 Å². The second-order valence-corrected chi connectivity index (χ2v) is 5.85. The van der Waals surface area contributed by atoms with Crippen molar-refractivity contribution in [2.24, 2.45) is 0 Å². The third kappa shape index (κ3) is 2.07. The van der Waals surface area contributed by atoms with Crippen molar-refractivity contribution >= 4 is 5.69 Å². The van der Waals surface area contributed by atoms with E-state index in [1.807, 2.05) is 24.3 Å². The average Bonchev–Trinajstić information content (AvgIpc) is 2.84. The van der Waals surface area contributed by atoms with E-state index in [2.05, 4.69) is 21.1 Å². The van der Waals surface area contributed by atoms with Gasteiger partial charge in [0, 0.05) is 19.0 Å². The van der Waals surface area contributed by atoms with Crippen LogP contribution in [0.4, 0.5) is 5.69 Å². The summed E-state index contributed by atoms with van der Waals surface area (Å²) in [6, 6.07) is 9.93. The van der Waals surface area contributed by atoms with E-state index in [4.69, 9.17) is 9.78 Å². The van der Waals surface area contributed by atoms with E-state index in [1.54, 1.807) is 0 Å². The smallest absolute Gasteiger partial charge is 0.233 e. The molecule has 4 rings (SSSR count). The lowest BCUT2D eigenvalue weighted by Crippen LogP contribution is -2.45. The van der Waals surface area contributed by atoms with Crippen molar-refractivity contribution in [1.29, 1.82) is 5.26 Å². The Labute approximate surface area is 123 Å². The highest BCUT2D eigenvalue weighted by Crippen LogP contribution is 2.37. The number of benzene rings is 1. The predicted molar refractivity (Wildman–Crippen MR) is 77.0 cm³/mol. The molecule has 2 aromatic rings. The van der Waals surface area contributed by atoms with E-state index >= 15 is 0 Å². The summed E-state index contributed by atoms with van der Waals surface area (Å²) in [7, 11) is 0. The monoisotopic (exact) mass is 280 g/mol. The van der Waals surface area contributed by atoms with E-state index < -0.39 is 0 Å². The summed E-state index contributed by atoms with van der Waals surface area (Å²) < 4.78 is 5.41. The third-order valence-electron chi connectivity index (χ3n) is 4.52. The number of rotatable bonds is 3. The summed E-state index contributed by atoms with van der Waals surface area (Å²) in [5.41, 5.74) is 1.71. The van der Waals surface area contributed by atoms with Gasteiger partial charge in [-0.25, -0.2) is 0 Å². The van der Waals surface area contributed by atoms with Gasteiger partial charge in [-0.2, -0.15) is 10.2 Å². The lowest BCUT2D eigenvalue weighted by molar-refractivity contribution is 0.317. The molecule has 2 aliphatic rings. The first kappa shape index (κ1) is 12.4. The molecule has 1 saturated heterocycles. The molecular formula is C16H16N4O. The van der Waals surface area contributed by atoms with Crippen LogP contribution in [-0.4, -0.2) is 23.2 Å². The second-order valence-electron chi connectivity index (χ2n) is 5.85. The highest BCUT2D eigenvalue weighted by Gasteiger charge is 2.35. The molecule has 1 aromatic carbocycles. The number of nitrogens with zero attached hydrogens (tertiary/aromatic N) is 4. The van der Waals surface area contributed by atoms with Crippen LogP contribution in [0.15, 0.2) is 28.8 Å². The van der Waals surface area contributed by atoms with E-state index in [0.717, 1.165) is 36.1 Å². The van der Waals surface area contributed by atoms with Crippen LogP contribution in [0.5, 0.6) is 0 Å². The number of para-hydroxylation sites is 1. The van der Waals surface area contributed by atoms with Crippen molar-refractivity contribution in [3.8, 4) is 6.07 Å². The number of nitriles is 1. The molecule has 1 aliphatic carbocycles. The van der Waals surface area contributed by atoms with Gasteiger partial charge in [0.1, 0.15) is 6.07 Å². The molecule has 2 fully saturated rings. The van der Waals surface area contributed by atoms with Gasteiger partial charge >= 0.3 is 0 Å². The second kappa shape index (κ2) is 4.88. The Morgan fingerprint density at radius 3 is 2.71 bits per heavy atom. The van der Waals surface area contributed by atoms with Gasteiger partial charge < -0.3 is 9.42 Å². The van der Waals surface area contributed by atoms with Gasteiger partial charge in [-0.05, 0) is 25.0 Å². The predicted octanol–water partition coefficient (Wildman–Crippen LogP) is 2.81. The van der Waals surface area contributed by atoms with Gasteiger partial charge in [-0.1, -0.05) is 23.7 Å². The minimum absolute atomic E-state index is 0.290. The lowest BCUT2D eigenvalue weighted by Gasteiger charge is -2.39. The molecule has 0 spiro atoms. The fourth-order valence-electron chi connectivity index (χ4n) is 2.92. The van der Waals surface area contributed by atoms with Crippen LogP contribution in [0.2, 0.25) is 0 Å². The average molecular weight is 280 g/mol. The van der Waals surface area contributed by atoms with E-state index in [1.165, 1.54) is 19.3 Å². The van der Waals surface area contributed by atoms with Crippen LogP contribution in [-0.2, 0) is 0 Å². The molecule has 0 N–H and O–H groups in total. The Hall–Kier alpha value is -2.35. The van der Waals surface area contributed by atoms with Gasteiger partial charge in [0.25, 0.3) is 0 Å². The molecular weight excluding hydrogens is 264 g/mol. The van der Waals surface area contributed by atoms with E-state index in [9.17, 15) is 0 Å². The van der Waals surface area contributed by atoms with Gasteiger partial charge in [-0.3, -0.25) is 0 Å². The molecule has 5 nitrogen and oxygen atoms in total. The maximum atomic E-state index is 9.15. The SMILES string of the molecule is N#Cc1ccccc1N1CC(c2nc(C3CCC3)no2)C1. The van der Waals surface area contributed by atoms with Crippen molar-refractivity contribution in [1.82, 2.24) is 10.1 Å². The van der Waals surface area contributed by atoms with Crippen LogP contribution in [0.3, 0.4) is 0 Å². The summed E-state index contributed by atoms with van der Waals surface area (Å²) in [6.45, 7) is 1.68.